The van der Waals surface area contributed by atoms with Gasteiger partial charge in [-0.05, 0) is 44.0 Å². The van der Waals surface area contributed by atoms with Crippen LogP contribution in [0.3, 0.4) is 0 Å². The molecule has 3 aromatic rings. The zero-order chi connectivity index (χ0) is 20.7. The Balaban J connectivity index is 0.00000272. The molecule has 1 aliphatic rings. The number of hydrogen-bond acceptors (Lipinski definition) is 6. The lowest BCUT2D eigenvalue weighted by Gasteiger charge is -2.15. The van der Waals surface area contributed by atoms with Gasteiger partial charge in [-0.25, -0.2) is 0 Å². The molecule has 2 N–H and O–H groups in total. The minimum atomic E-state index is 0. The summed E-state index contributed by atoms with van der Waals surface area (Å²) in [6.07, 6.45) is 4.76. The van der Waals surface area contributed by atoms with Crippen molar-refractivity contribution in [2.24, 2.45) is 4.99 Å². The topological polar surface area (TPSA) is 88.2 Å². The highest BCUT2D eigenvalue weighted by molar-refractivity contribution is 14.0. The number of hydrogen-bond donors (Lipinski definition) is 2. The summed E-state index contributed by atoms with van der Waals surface area (Å²) in [6, 6.07) is 16.2. The molecule has 1 aliphatic carbocycles. The molecule has 0 aliphatic heterocycles. The van der Waals surface area contributed by atoms with Gasteiger partial charge in [-0.15, -0.1) is 35.7 Å². The van der Waals surface area contributed by atoms with Crippen LogP contribution in [-0.2, 0) is 6.42 Å². The molecule has 31 heavy (non-hydrogen) atoms. The zero-order valence-electron chi connectivity index (χ0n) is 17.5. The summed E-state index contributed by atoms with van der Waals surface area (Å²) in [4.78, 5) is 14.8. The number of halogens is 1. The maximum atomic E-state index is 5.31. The number of nitrogens with zero attached hydrogens (tertiary/aromatic N) is 4. The summed E-state index contributed by atoms with van der Waals surface area (Å²) in [5.74, 6) is 1.92. The Bertz CT molecular complexity index is 962. The number of nitrogens with one attached hydrogen (secondary N) is 2. The zero-order valence-corrected chi connectivity index (χ0v) is 20.6. The fourth-order valence-corrected chi connectivity index (χ4v) is 4.21. The Morgan fingerprint density at radius 3 is 2.65 bits per heavy atom. The van der Waals surface area contributed by atoms with Crippen molar-refractivity contribution in [2.45, 2.75) is 35.8 Å². The average Bonchev–Trinajstić information content (AvgIpc) is 3.38. The molecule has 1 aromatic carbocycles. The van der Waals surface area contributed by atoms with Crippen molar-refractivity contribution in [3.63, 3.8) is 0 Å². The van der Waals surface area contributed by atoms with E-state index in [9.17, 15) is 0 Å². The summed E-state index contributed by atoms with van der Waals surface area (Å²) in [7, 11) is 0. The Hall–Kier alpha value is -2.14. The van der Waals surface area contributed by atoms with Crippen molar-refractivity contribution < 1.29 is 4.52 Å². The quantitative estimate of drug-likeness (QED) is 0.235. The molecule has 1 fully saturated rings. The molecule has 0 spiro atoms. The van der Waals surface area contributed by atoms with E-state index in [0.717, 1.165) is 19.0 Å². The van der Waals surface area contributed by atoms with Crippen LogP contribution in [0.4, 0.5) is 0 Å². The van der Waals surface area contributed by atoms with E-state index in [0.29, 0.717) is 30.4 Å². The highest BCUT2D eigenvalue weighted by Gasteiger charge is 2.43. The molecule has 0 unspecified atom stereocenters. The van der Waals surface area contributed by atoms with Crippen molar-refractivity contribution in [3.8, 4) is 11.6 Å². The molecule has 7 nitrogen and oxygen atoms in total. The minimum absolute atomic E-state index is 0. The van der Waals surface area contributed by atoms with E-state index in [2.05, 4.69) is 63.0 Å². The highest BCUT2D eigenvalue weighted by Crippen LogP contribution is 2.51. The standard InChI is InChI=1S/C22H26N6OS.HI/c1-2-23-21(26-16-22(12-13-22)30-17-8-4-3-5-9-17)25-15-11-19-27-20(29-28-19)18-10-6-7-14-24-18;/h3-10,14H,2,11-13,15-16H2,1H3,(H2,23,25,26);1H. The van der Waals surface area contributed by atoms with Gasteiger partial charge in [0.1, 0.15) is 5.69 Å². The van der Waals surface area contributed by atoms with Crippen LogP contribution in [-0.4, -0.2) is 45.5 Å². The summed E-state index contributed by atoms with van der Waals surface area (Å²) in [5.41, 5.74) is 0.685. The molecule has 4 rings (SSSR count). The van der Waals surface area contributed by atoms with Crippen LogP contribution in [0.15, 0.2) is 69.1 Å². The first kappa shape index (κ1) is 23.5. The number of aliphatic imine (C=N–C) groups is 1. The molecule has 2 aromatic heterocycles. The minimum Gasteiger partial charge on any atom is -0.357 e. The van der Waals surface area contributed by atoms with Crippen molar-refractivity contribution in [3.05, 3.63) is 60.6 Å². The number of benzene rings is 1. The third kappa shape index (κ3) is 6.93. The van der Waals surface area contributed by atoms with Crippen LogP contribution in [0.1, 0.15) is 25.6 Å². The number of pyridine rings is 1. The number of thioether (sulfide) groups is 1. The van der Waals surface area contributed by atoms with Crippen LogP contribution < -0.4 is 10.6 Å². The molecule has 9 heteroatoms. The lowest BCUT2D eigenvalue weighted by atomic mass is 10.3. The monoisotopic (exact) mass is 550 g/mol. The average molecular weight is 550 g/mol. The third-order valence-electron chi connectivity index (χ3n) is 4.75. The van der Waals surface area contributed by atoms with Crippen LogP contribution in [0.2, 0.25) is 0 Å². The molecular formula is C22H27IN6OS. The van der Waals surface area contributed by atoms with Crippen molar-refractivity contribution >= 4 is 41.7 Å². The lowest BCUT2D eigenvalue weighted by molar-refractivity contribution is 0.421. The van der Waals surface area contributed by atoms with E-state index in [-0.39, 0.29) is 28.7 Å². The smallest absolute Gasteiger partial charge is 0.276 e. The Kier molecular flexibility index (Phi) is 8.70. The van der Waals surface area contributed by atoms with E-state index in [1.807, 2.05) is 30.0 Å². The number of rotatable bonds is 9. The summed E-state index contributed by atoms with van der Waals surface area (Å²) < 4.78 is 5.54. The second-order valence-electron chi connectivity index (χ2n) is 7.20. The maximum absolute atomic E-state index is 5.31. The number of aromatic nitrogens is 3. The first-order valence-corrected chi connectivity index (χ1v) is 11.1. The van der Waals surface area contributed by atoms with Gasteiger partial charge in [0.25, 0.3) is 5.89 Å². The molecule has 0 amide bonds. The van der Waals surface area contributed by atoms with E-state index in [1.165, 1.54) is 17.7 Å². The Morgan fingerprint density at radius 1 is 1.13 bits per heavy atom. The molecule has 164 valence electrons. The van der Waals surface area contributed by atoms with E-state index in [1.54, 1.807) is 6.20 Å². The number of guanidine groups is 1. The fourth-order valence-electron chi connectivity index (χ4n) is 2.98. The van der Waals surface area contributed by atoms with Crippen molar-refractivity contribution in [2.75, 3.05) is 19.6 Å². The van der Waals surface area contributed by atoms with E-state index < -0.39 is 0 Å². The first-order chi connectivity index (χ1) is 14.8. The second-order valence-corrected chi connectivity index (χ2v) is 8.74. The largest absolute Gasteiger partial charge is 0.357 e. The van der Waals surface area contributed by atoms with Crippen molar-refractivity contribution in [1.82, 2.24) is 25.8 Å². The first-order valence-electron chi connectivity index (χ1n) is 10.3. The second kappa shape index (κ2) is 11.5. The fraction of sp³-hybridized carbons (Fsp3) is 0.364. The Morgan fingerprint density at radius 2 is 1.94 bits per heavy atom. The molecule has 0 radical (unpaired) electrons. The summed E-state index contributed by atoms with van der Waals surface area (Å²) >= 11 is 1.94. The van der Waals surface area contributed by atoms with Crippen LogP contribution in [0.5, 0.6) is 0 Å². The Labute approximate surface area is 203 Å². The normalized spacial score (nSPS) is 14.5. The van der Waals surface area contributed by atoms with Gasteiger partial charge >= 0.3 is 0 Å². The van der Waals surface area contributed by atoms with Gasteiger partial charge in [0, 0.05) is 35.3 Å². The van der Waals surface area contributed by atoms with E-state index >= 15 is 0 Å². The lowest BCUT2D eigenvalue weighted by Crippen LogP contribution is -2.39. The van der Waals surface area contributed by atoms with Gasteiger partial charge in [0.2, 0.25) is 0 Å². The maximum Gasteiger partial charge on any atom is 0.276 e. The van der Waals surface area contributed by atoms with E-state index in [4.69, 9.17) is 9.52 Å². The third-order valence-corrected chi connectivity index (χ3v) is 6.23. The SMILES string of the molecule is CCNC(=NCC1(Sc2ccccc2)CC1)NCCc1noc(-c2ccccn2)n1.I. The van der Waals surface area contributed by atoms with Gasteiger partial charge < -0.3 is 15.2 Å². The molecule has 2 heterocycles. The summed E-state index contributed by atoms with van der Waals surface area (Å²) in [6.45, 7) is 4.36. The van der Waals surface area contributed by atoms with Gasteiger partial charge in [0.05, 0.1) is 6.54 Å². The molecule has 0 saturated heterocycles. The molecule has 0 atom stereocenters. The van der Waals surface area contributed by atoms with Gasteiger partial charge in [0.15, 0.2) is 11.8 Å². The van der Waals surface area contributed by atoms with Crippen LogP contribution >= 0.6 is 35.7 Å². The molecule has 0 bridgehead atoms. The van der Waals surface area contributed by atoms with Crippen LogP contribution in [0, 0.1) is 0 Å². The molecule has 1 saturated carbocycles. The molecular weight excluding hydrogens is 523 g/mol. The van der Waals surface area contributed by atoms with Crippen LogP contribution in [0.25, 0.3) is 11.6 Å². The van der Waals surface area contributed by atoms with Crippen molar-refractivity contribution in [1.29, 1.82) is 0 Å². The highest BCUT2D eigenvalue weighted by atomic mass is 127. The van der Waals surface area contributed by atoms with Gasteiger partial charge in [-0.3, -0.25) is 9.98 Å². The van der Waals surface area contributed by atoms with Gasteiger partial charge in [-0.2, -0.15) is 4.98 Å². The predicted octanol–water partition coefficient (Wildman–Crippen LogP) is 4.17. The predicted molar refractivity (Wildman–Crippen MR) is 135 cm³/mol. The van der Waals surface area contributed by atoms with Gasteiger partial charge in [-0.1, -0.05) is 29.4 Å². The summed E-state index contributed by atoms with van der Waals surface area (Å²) in [5, 5.41) is 10.7.